The fourth-order valence-electron chi connectivity index (χ4n) is 5.65. The van der Waals surface area contributed by atoms with Crippen LogP contribution in [-0.4, -0.2) is 52.5 Å². The lowest BCUT2D eigenvalue weighted by atomic mass is 10.1. The standard InChI is InChI=1S/C31H44O6Si/c1-8-19-33-29-28(34-21-24-17-13-10-14-18-24)27-26(35-29)25(22-32-20-23-15-11-9-12-16-23)36-38(37-27,30(2,3)4)31(5,6)7/h8-18,25-29H,1,19-22H2,2-7H3/t25-,26+,27+,28-,29-/m1/s1. The van der Waals surface area contributed by atoms with Gasteiger partial charge in [0.05, 0.1) is 32.5 Å². The van der Waals surface area contributed by atoms with E-state index in [4.69, 9.17) is 27.8 Å². The summed E-state index contributed by atoms with van der Waals surface area (Å²) in [6.45, 7) is 18.8. The van der Waals surface area contributed by atoms with Crippen LogP contribution in [0.2, 0.25) is 10.1 Å². The Morgan fingerprint density at radius 1 is 0.789 bits per heavy atom. The molecule has 208 valence electrons. The lowest BCUT2D eigenvalue weighted by Crippen LogP contribution is -2.68. The molecule has 6 nitrogen and oxygen atoms in total. The minimum Gasteiger partial charge on any atom is -0.385 e. The average molecular weight is 541 g/mol. The Morgan fingerprint density at radius 2 is 1.37 bits per heavy atom. The highest BCUT2D eigenvalue weighted by Gasteiger charge is 2.67. The molecule has 0 radical (unpaired) electrons. The first-order valence-corrected chi connectivity index (χ1v) is 15.4. The van der Waals surface area contributed by atoms with E-state index in [1.807, 2.05) is 36.4 Å². The van der Waals surface area contributed by atoms with Crippen LogP contribution in [0, 0.1) is 0 Å². The molecule has 0 amide bonds. The molecular formula is C31H44O6Si. The van der Waals surface area contributed by atoms with Gasteiger partial charge in [-0.2, -0.15) is 0 Å². The average Bonchev–Trinajstić information content (AvgIpc) is 3.23. The Balaban J connectivity index is 1.63. The minimum atomic E-state index is -2.89. The first kappa shape index (κ1) is 29.1. The van der Waals surface area contributed by atoms with Gasteiger partial charge in [0, 0.05) is 10.1 Å². The molecule has 0 aliphatic carbocycles. The van der Waals surface area contributed by atoms with Gasteiger partial charge in [-0.15, -0.1) is 6.58 Å². The Hall–Kier alpha value is -1.84. The number of hydrogen-bond donors (Lipinski definition) is 0. The summed E-state index contributed by atoms with van der Waals surface area (Å²) in [7, 11) is -2.89. The van der Waals surface area contributed by atoms with E-state index in [0.717, 1.165) is 11.1 Å². The lowest BCUT2D eigenvalue weighted by Gasteiger charge is -2.56. The molecule has 0 spiro atoms. The molecule has 2 aromatic rings. The Labute approximate surface area is 229 Å². The normalized spacial score (nSPS) is 27.2. The number of benzene rings is 2. The maximum absolute atomic E-state index is 7.14. The molecule has 0 saturated carbocycles. The van der Waals surface area contributed by atoms with Crippen LogP contribution in [0.5, 0.6) is 0 Å². The predicted molar refractivity (Wildman–Crippen MR) is 151 cm³/mol. The van der Waals surface area contributed by atoms with Crippen LogP contribution < -0.4 is 0 Å². The molecule has 4 rings (SSSR count). The topological polar surface area (TPSA) is 55.4 Å². The number of ether oxygens (including phenoxy) is 4. The van der Waals surface area contributed by atoms with Crippen molar-refractivity contribution in [1.82, 2.24) is 0 Å². The van der Waals surface area contributed by atoms with Crippen LogP contribution in [0.3, 0.4) is 0 Å². The summed E-state index contributed by atoms with van der Waals surface area (Å²) in [4.78, 5) is 0. The first-order valence-electron chi connectivity index (χ1n) is 13.6. The molecule has 7 heteroatoms. The van der Waals surface area contributed by atoms with Gasteiger partial charge in [0.15, 0.2) is 6.29 Å². The highest BCUT2D eigenvalue weighted by molar-refractivity contribution is 6.73. The van der Waals surface area contributed by atoms with Crippen molar-refractivity contribution in [3.63, 3.8) is 0 Å². The smallest absolute Gasteiger partial charge is 0.350 e. The third-order valence-corrected chi connectivity index (χ3v) is 12.4. The molecule has 2 fully saturated rings. The molecule has 2 heterocycles. The van der Waals surface area contributed by atoms with Crippen molar-refractivity contribution in [2.24, 2.45) is 0 Å². The van der Waals surface area contributed by atoms with E-state index in [1.54, 1.807) is 6.08 Å². The van der Waals surface area contributed by atoms with E-state index in [0.29, 0.717) is 26.4 Å². The minimum absolute atomic E-state index is 0.210. The zero-order valence-corrected chi connectivity index (χ0v) is 24.7. The summed E-state index contributed by atoms with van der Waals surface area (Å²) in [5.41, 5.74) is 2.21. The summed E-state index contributed by atoms with van der Waals surface area (Å²) in [5.74, 6) is 0. The van der Waals surface area contributed by atoms with Crippen LogP contribution in [0.25, 0.3) is 0 Å². The van der Waals surface area contributed by atoms with Gasteiger partial charge in [-0.25, -0.2) is 0 Å². The molecule has 0 aromatic heterocycles. The molecule has 0 bridgehead atoms. The maximum Gasteiger partial charge on any atom is 0.350 e. The van der Waals surface area contributed by atoms with Gasteiger partial charge >= 0.3 is 8.56 Å². The van der Waals surface area contributed by atoms with E-state index in [1.165, 1.54) is 0 Å². The van der Waals surface area contributed by atoms with Crippen LogP contribution in [0.15, 0.2) is 73.3 Å². The second-order valence-electron chi connectivity index (χ2n) is 12.2. The van der Waals surface area contributed by atoms with Crippen molar-refractivity contribution in [2.75, 3.05) is 13.2 Å². The maximum atomic E-state index is 7.14. The van der Waals surface area contributed by atoms with Gasteiger partial charge in [-0.1, -0.05) is 108 Å². The van der Waals surface area contributed by atoms with Gasteiger partial charge < -0.3 is 27.8 Å². The highest BCUT2D eigenvalue weighted by atomic mass is 28.4. The van der Waals surface area contributed by atoms with E-state index in [-0.39, 0.29) is 28.4 Å². The summed E-state index contributed by atoms with van der Waals surface area (Å²) in [6, 6.07) is 20.3. The second-order valence-corrected chi connectivity index (χ2v) is 16.9. The van der Waals surface area contributed by atoms with Gasteiger partial charge in [0.25, 0.3) is 0 Å². The van der Waals surface area contributed by atoms with E-state index >= 15 is 0 Å². The zero-order valence-electron chi connectivity index (χ0n) is 23.7. The number of rotatable bonds is 10. The van der Waals surface area contributed by atoms with Crippen LogP contribution in [0.4, 0.5) is 0 Å². The summed E-state index contributed by atoms with van der Waals surface area (Å²) in [6.07, 6.45) is -0.345. The van der Waals surface area contributed by atoms with Crippen molar-refractivity contribution in [3.05, 3.63) is 84.4 Å². The molecule has 2 aliphatic heterocycles. The molecule has 0 N–H and O–H groups in total. The number of fused-ring (bicyclic) bond motifs is 1. The Kier molecular flexibility index (Phi) is 9.30. The van der Waals surface area contributed by atoms with Gasteiger partial charge in [0.1, 0.15) is 18.3 Å². The van der Waals surface area contributed by atoms with Gasteiger partial charge in [-0.05, 0) is 11.1 Å². The highest BCUT2D eigenvalue weighted by Crippen LogP contribution is 2.56. The first-order chi connectivity index (χ1) is 18.1. The van der Waals surface area contributed by atoms with Crippen molar-refractivity contribution in [1.29, 1.82) is 0 Å². The molecule has 0 unspecified atom stereocenters. The Morgan fingerprint density at radius 3 is 1.92 bits per heavy atom. The molecule has 38 heavy (non-hydrogen) atoms. The SMILES string of the molecule is C=CCO[C@@H]1O[C@@H]2[C@H](O[Si](C(C)(C)C)(C(C)(C)C)O[C@@H]2COCc2ccccc2)[C@H]1OCc1ccccc1. The fraction of sp³-hybridized carbons (Fsp3) is 0.548. The van der Waals surface area contributed by atoms with Gasteiger partial charge in [0.2, 0.25) is 0 Å². The molecule has 2 saturated heterocycles. The lowest BCUT2D eigenvalue weighted by molar-refractivity contribution is -0.187. The van der Waals surface area contributed by atoms with Crippen LogP contribution in [0.1, 0.15) is 52.7 Å². The monoisotopic (exact) mass is 540 g/mol. The van der Waals surface area contributed by atoms with Crippen LogP contribution in [-0.2, 0) is 41.0 Å². The molecule has 5 atom stereocenters. The van der Waals surface area contributed by atoms with E-state index < -0.39 is 21.0 Å². The number of hydrogen-bond acceptors (Lipinski definition) is 6. The van der Waals surface area contributed by atoms with Gasteiger partial charge in [-0.3, -0.25) is 0 Å². The molecule has 2 aliphatic rings. The summed E-state index contributed by atoms with van der Waals surface area (Å²) < 4.78 is 39.5. The van der Waals surface area contributed by atoms with Crippen LogP contribution >= 0.6 is 0 Å². The van der Waals surface area contributed by atoms with E-state index in [2.05, 4.69) is 72.4 Å². The third-order valence-electron chi connectivity index (χ3n) is 7.22. The fourth-order valence-corrected chi connectivity index (χ4v) is 10.6. The predicted octanol–water partition coefficient (Wildman–Crippen LogP) is 6.54. The Bertz CT molecular complexity index is 1000. The summed E-state index contributed by atoms with van der Waals surface area (Å²) >= 11 is 0. The van der Waals surface area contributed by atoms with Crippen molar-refractivity contribution in [2.45, 2.75) is 95.5 Å². The molecular weight excluding hydrogens is 496 g/mol. The largest absolute Gasteiger partial charge is 0.385 e. The third kappa shape index (κ3) is 6.31. The second kappa shape index (κ2) is 12.1. The van der Waals surface area contributed by atoms with Crippen molar-refractivity contribution >= 4 is 8.56 Å². The zero-order chi connectivity index (χ0) is 27.4. The van der Waals surface area contributed by atoms with E-state index in [9.17, 15) is 0 Å². The quantitative estimate of drug-likeness (QED) is 0.252. The summed E-state index contributed by atoms with van der Waals surface area (Å²) in [5, 5.41) is -0.421. The van der Waals surface area contributed by atoms with Crippen molar-refractivity contribution < 1.29 is 27.8 Å². The van der Waals surface area contributed by atoms with Crippen molar-refractivity contribution in [3.8, 4) is 0 Å². The molecule has 2 aromatic carbocycles.